The third-order valence-corrected chi connectivity index (χ3v) is 2.30. The Hall–Kier alpha value is -1.65. The van der Waals surface area contributed by atoms with Crippen LogP contribution in [0.4, 0.5) is 0 Å². The van der Waals surface area contributed by atoms with Gasteiger partial charge >= 0.3 is 5.69 Å². The van der Waals surface area contributed by atoms with Gasteiger partial charge in [0.25, 0.3) is 0 Å². The Morgan fingerprint density at radius 3 is 2.41 bits per heavy atom. The zero-order chi connectivity index (χ0) is 13.2. The highest BCUT2D eigenvalue weighted by Crippen LogP contribution is 2.08. The molecule has 17 heavy (non-hydrogen) atoms. The maximum atomic E-state index is 11.8. The molecule has 0 aliphatic rings. The molecule has 0 aromatic carbocycles. The normalized spacial score (nSPS) is 11.4. The summed E-state index contributed by atoms with van der Waals surface area (Å²) in [6.45, 7) is 9.29. The van der Waals surface area contributed by atoms with Crippen molar-refractivity contribution in [2.45, 2.75) is 46.6 Å². The number of carbonyl (C=O) groups is 1. The minimum absolute atomic E-state index is 0.0717. The molecule has 0 saturated heterocycles. The first kappa shape index (κ1) is 13.4. The average molecular weight is 237 g/mol. The Bertz CT molecular complexity index is 457. The Kier molecular flexibility index (Phi) is 3.70. The molecule has 0 saturated carbocycles. The lowest BCUT2D eigenvalue weighted by atomic mass is 10.1. The van der Waals surface area contributed by atoms with Gasteiger partial charge in [-0.05, 0) is 34.6 Å². The summed E-state index contributed by atoms with van der Waals surface area (Å²) in [5, 5.41) is 2.88. The number of nitrogens with one attached hydrogen (secondary N) is 2. The van der Waals surface area contributed by atoms with Gasteiger partial charge in [0.05, 0.1) is 6.42 Å². The van der Waals surface area contributed by atoms with Gasteiger partial charge in [-0.15, -0.1) is 0 Å². The van der Waals surface area contributed by atoms with E-state index in [1.165, 1.54) is 0 Å². The van der Waals surface area contributed by atoms with E-state index in [1.54, 1.807) is 13.8 Å². The zero-order valence-corrected chi connectivity index (χ0v) is 11.0. The van der Waals surface area contributed by atoms with Crippen LogP contribution in [-0.2, 0) is 11.2 Å². The summed E-state index contributed by atoms with van der Waals surface area (Å²) in [6.07, 6.45) is 0.235. The van der Waals surface area contributed by atoms with Crippen molar-refractivity contribution in [3.63, 3.8) is 0 Å². The van der Waals surface area contributed by atoms with E-state index in [-0.39, 0.29) is 23.6 Å². The predicted octanol–water partition coefficient (Wildman–Crippen LogP) is 0.844. The van der Waals surface area contributed by atoms with Crippen molar-refractivity contribution in [3.8, 4) is 0 Å². The quantitative estimate of drug-likeness (QED) is 0.800. The second-order valence-corrected chi connectivity index (χ2v) is 5.21. The molecule has 5 heteroatoms. The van der Waals surface area contributed by atoms with Gasteiger partial charge in [-0.25, -0.2) is 4.79 Å². The molecular formula is C12H19N3O2. The lowest BCUT2D eigenvalue weighted by molar-refractivity contribution is -0.121. The molecular weight excluding hydrogens is 218 g/mol. The van der Waals surface area contributed by atoms with Crippen molar-refractivity contribution in [2.75, 3.05) is 0 Å². The van der Waals surface area contributed by atoms with Crippen LogP contribution in [0.2, 0.25) is 0 Å². The van der Waals surface area contributed by atoms with E-state index in [4.69, 9.17) is 0 Å². The molecule has 5 nitrogen and oxygen atoms in total. The van der Waals surface area contributed by atoms with Crippen molar-refractivity contribution in [2.24, 2.45) is 0 Å². The summed E-state index contributed by atoms with van der Waals surface area (Å²) in [7, 11) is 0. The Balaban J connectivity index is 2.90. The van der Waals surface area contributed by atoms with E-state index >= 15 is 0 Å². The standard InChI is InChI=1S/C12H19N3O2/c1-7-9(8(2)14-11(17)13-7)6-10(16)15-12(3,4)5/h6H2,1-5H3,(H,15,16)(H,13,14,17). The largest absolute Gasteiger partial charge is 0.351 e. The molecule has 0 aliphatic heterocycles. The Morgan fingerprint density at radius 2 is 1.94 bits per heavy atom. The van der Waals surface area contributed by atoms with Crippen LogP contribution in [0.3, 0.4) is 0 Å². The monoisotopic (exact) mass is 237 g/mol. The van der Waals surface area contributed by atoms with Crippen LogP contribution in [-0.4, -0.2) is 21.4 Å². The summed E-state index contributed by atoms with van der Waals surface area (Å²) in [6, 6.07) is 0. The fourth-order valence-corrected chi connectivity index (χ4v) is 1.64. The van der Waals surface area contributed by atoms with Crippen molar-refractivity contribution >= 4 is 5.91 Å². The molecule has 0 radical (unpaired) electrons. The van der Waals surface area contributed by atoms with Gasteiger partial charge in [0.15, 0.2) is 0 Å². The van der Waals surface area contributed by atoms with Gasteiger partial charge in [-0.1, -0.05) is 0 Å². The van der Waals surface area contributed by atoms with Gasteiger partial charge < -0.3 is 10.3 Å². The molecule has 1 aromatic rings. The number of aromatic amines is 1. The molecule has 94 valence electrons. The summed E-state index contributed by atoms with van der Waals surface area (Å²) >= 11 is 0. The molecule has 0 atom stereocenters. The van der Waals surface area contributed by atoms with E-state index < -0.39 is 0 Å². The van der Waals surface area contributed by atoms with Crippen LogP contribution in [0.1, 0.15) is 37.7 Å². The van der Waals surface area contributed by atoms with Gasteiger partial charge in [0.1, 0.15) is 0 Å². The molecule has 0 aliphatic carbocycles. The van der Waals surface area contributed by atoms with Crippen molar-refractivity contribution in [1.82, 2.24) is 15.3 Å². The molecule has 0 bridgehead atoms. The number of amides is 1. The maximum Gasteiger partial charge on any atom is 0.345 e. The highest BCUT2D eigenvalue weighted by molar-refractivity contribution is 5.79. The summed E-state index contributed by atoms with van der Waals surface area (Å²) < 4.78 is 0. The Labute approximate surface area is 101 Å². The molecule has 1 heterocycles. The van der Waals surface area contributed by atoms with Gasteiger partial charge in [-0.3, -0.25) is 4.79 Å². The SMILES string of the molecule is Cc1nc(=O)[nH]c(C)c1CC(=O)NC(C)(C)C. The predicted molar refractivity (Wildman–Crippen MR) is 65.9 cm³/mol. The van der Waals surface area contributed by atoms with E-state index in [1.807, 2.05) is 20.8 Å². The average Bonchev–Trinajstić information content (AvgIpc) is 2.08. The van der Waals surface area contributed by atoms with Crippen LogP contribution in [0, 0.1) is 13.8 Å². The molecule has 0 spiro atoms. The van der Waals surface area contributed by atoms with Crippen molar-refractivity contribution < 1.29 is 4.79 Å². The van der Waals surface area contributed by atoms with Crippen LogP contribution >= 0.6 is 0 Å². The number of rotatable bonds is 2. The second-order valence-electron chi connectivity index (χ2n) is 5.21. The lowest BCUT2D eigenvalue weighted by Crippen LogP contribution is -2.41. The topological polar surface area (TPSA) is 74.8 Å². The number of hydrogen-bond acceptors (Lipinski definition) is 3. The number of H-pyrrole nitrogens is 1. The minimum Gasteiger partial charge on any atom is -0.351 e. The third kappa shape index (κ3) is 4.01. The molecule has 0 fully saturated rings. The molecule has 2 N–H and O–H groups in total. The smallest absolute Gasteiger partial charge is 0.345 e. The van der Waals surface area contributed by atoms with E-state index in [0.717, 1.165) is 5.56 Å². The van der Waals surface area contributed by atoms with Crippen molar-refractivity contribution in [1.29, 1.82) is 0 Å². The number of aryl methyl sites for hydroxylation is 2. The molecule has 1 amide bonds. The van der Waals surface area contributed by atoms with Gasteiger partial charge in [0.2, 0.25) is 5.91 Å². The highest BCUT2D eigenvalue weighted by Gasteiger charge is 2.16. The van der Waals surface area contributed by atoms with Crippen LogP contribution in [0.5, 0.6) is 0 Å². The first-order valence-electron chi connectivity index (χ1n) is 5.56. The summed E-state index contributed by atoms with van der Waals surface area (Å²) in [5.41, 5.74) is 1.46. The number of nitrogens with zero attached hydrogens (tertiary/aromatic N) is 1. The van der Waals surface area contributed by atoms with Gasteiger partial charge in [0, 0.05) is 22.5 Å². The molecule has 1 rings (SSSR count). The number of aromatic nitrogens is 2. The van der Waals surface area contributed by atoms with E-state index in [9.17, 15) is 9.59 Å². The lowest BCUT2D eigenvalue weighted by Gasteiger charge is -2.21. The summed E-state index contributed by atoms with van der Waals surface area (Å²) in [4.78, 5) is 29.3. The molecule has 0 unspecified atom stereocenters. The number of carbonyl (C=O) groups excluding carboxylic acids is 1. The van der Waals surface area contributed by atoms with Crippen LogP contribution in [0.15, 0.2) is 4.79 Å². The Morgan fingerprint density at radius 1 is 1.35 bits per heavy atom. The highest BCUT2D eigenvalue weighted by atomic mass is 16.2. The number of hydrogen-bond donors (Lipinski definition) is 2. The van der Waals surface area contributed by atoms with Crippen LogP contribution in [0.25, 0.3) is 0 Å². The fraction of sp³-hybridized carbons (Fsp3) is 0.583. The van der Waals surface area contributed by atoms with Gasteiger partial charge in [-0.2, -0.15) is 4.98 Å². The van der Waals surface area contributed by atoms with E-state index in [2.05, 4.69) is 15.3 Å². The van der Waals surface area contributed by atoms with E-state index in [0.29, 0.717) is 11.4 Å². The van der Waals surface area contributed by atoms with Crippen LogP contribution < -0.4 is 11.0 Å². The van der Waals surface area contributed by atoms with Crippen molar-refractivity contribution in [3.05, 3.63) is 27.4 Å². The fourth-order valence-electron chi connectivity index (χ4n) is 1.64. The first-order chi connectivity index (χ1) is 7.69. The second kappa shape index (κ2) is 4.69. The third-order valence-electron chi connectivity index (χ3n) is 2.30. The molecule has 1 aromatic heterocycles. The minimum atomic E-state index is -0.375. The zero-order valence-electron chi connectivity index (χ0n) is 11.0. The first-order valence-corrected chi connectivity index (χ1v) is 5.56. The summed E-state index contributed by atoms with van der Waals surface area (Å²) in [5.74, 6) is -0.0717. The maximum absolute atomic E-state index is 11.8.